The summed E-state index contributed by atoms with van der Waals surface area (Å²) in [7, 11) is -7.58. The number of nitrogens with zero attached hydrogens (tertiary/aromatic N) is 2. The molecule has 1 N–H and O–H groups in total. The molecule has 1 fully saturated rings. The average molecular weight is 480 g/mol. The quantitative estimate of drug-likeness (QED) is 0.583. The molecule has 4 rings (SSSR count). The Kier molecular flexibility index (Phi) is 6.13. The average Bonchev–Trinajstić information content (AvgIpc) is 3.21. The van der Waals surface area contributed by atoms with E-state index in [1.54, 1.807) is 18.2 Å². The van der Waals surface area contributed by atoms with Crippen LogP contribution in [0.15, 0.2) is 63.7 Å². The fourth-order valence-electron chi connectivity index (χ4n) is 3.18. The fraction of sp³-hybridized carbons (Fsp3) is 0.250. The van der Waals surface area contributed by atoms with Crippen molar-refractivity contribution in [2.75, 3.05) is 31.0 Å². The molecule has 1 aliphatic heterocycles. The monoisotopic (exact) mass is 479 g/mol. The molecule has 31 heavy (non-hydrogen) atoms. The molecule has 8 nitrogen and oxygen atoms in total. The van der Waals surface area contributed by atoms with Crippen molar-refractivity contribution in [2.45, 2.75) is 16.7 Å². The van der Waals surface area contributed by atoms with E-state index >= 15 is 0 Å². The molecule has 2 aromatic carbocycles. The molecule has 1 saturated heterocycles. The maximum absolute atomic E-state index is 12.8. The van der Waals surface area contributed by atoms with Gasteiger partial charge in [-0.2, -0.15) is 4.31 Å². The Morgan fingerprint density at radius 3 is 2.32 bits per heavy atom. The van der Waals surface area contributed by atoms with E-state index in [1.807, 2.05) is 18.4 Å². The molecular formula is C20H21N3O5S3. The van der Waals surface area contributed by atoms with Gasteiger partial charge in [0.2, 0.25) is 10.0 Å². The van der Waals surface area contributed by atoms with Crippen molar-refractivity contribution in [2.24, 2.45) is 0 Å². The Labute approximate surface area is 185 Å². The molecule has 3 aromatic rings. The lowest BCUT2D eigenvalue weighted by Gasteiger charge is -2.26. The van der Waals surface area contributed by atoms with Gasteiger partial charge in [-0.15, -0.1) is 11.3 Å². The Hall–Kier alpha value is -2.31. The maximum atomic E-state index is 12.8. The van der Waals surface area contributed by atoms with Crippen LogP contribution in [-0.2, 0) is 24.8 Å². The van der Waals surface area contributed by atoms with Crippen LogP contribution in [-0.4, -0.2) is 52.4 Å². The van der Waals surface area contributed by atoms with Crippen LogP contribution in [0.1, 0.15) is 5.01 Å². The first-order chi connectivity index (χ1) is 14.8. The number of nitrogens with one attached hydrogen (secondary N) is 1. The van der Waals surface area contributed by atoms with Crippen LogP contribution in [0.2, 0.25) is 0 Å². The van der Waals surface area contributed by atoms with Crippen LogP contribution < -0.4 is 4.72 Å². The van der Waals surface area contributed by atoms with Crippen LogP contribution in [0.25, 0.3) is 11.3 Å². The molecule has 1 aromatic heterocycles. The Morgan fingerprint density at radius 1 is 1.00 bits per heavy atom. The zero-order valence-electron chi connectivity index (χ0n) is 16.7. The zero-order valence-corrected chi connectivity index (χ0v) is 19.1. The molecule has 1 aliphatic rings. The Balaban J connectivity index is 1.54. The van der Waals surface area contributed by atoms with E-state index in [2.05, 4.69) is 9.71 Å². The van der Waals surface area contributed by atoms with Crippen molar-refractivity contribution in [3.05, 3.63) is 58.9 Å². The molecular weight excluding hydrogens is 458 g/mol. The number of morpholine rings is 1. The second-order valence-corrected chi connectivity index (χ2v) is 11.6. The number of hydrogen-bond acceptors (Lipinski definition) is 7. The summed E-state index contributed by atoms with van der Waals surface area (Å²) in [4.78, 5) is 4.45. The minimum atomic E-state index is -3.89. The van der Waals surface area contributed by atoms with Gasteiger partial charge in [-0.3, -0.25) is 4.72 Å². The summed E-state index contributed by atoms with van der Waals surface area (Å²) in [5.41, 5.74) is 1.98. The summed E-state index contributed by atoms with van der Waals surface area (Å²) in [6, 6.07) is 12.2. The highest BCUT2D eigenvalue weighted by Gasteiger charge is 2.26. The number of aryl methyl sites for hydroxylation is 1. The standard InChI is InChI=1S/C20H21N3O5S3/c1-15-21-20(14-29-15)16-3-2-4-17(13-16)22-30(24,25)18-5-7-19(8-6-18)31(26,27)23-9-11-28-12-10-23/h2-8,13-14,22H,9-12H2,1H3. The Morgan fingerprint density at radius 2 is 1.68 bits per heavy atom. The van der Waals surface area contributed by atoms with Crippen molar-refractivity contribution >= 4 is 37.1 Å². The van der Waals surface area contributed by atoms with Gasteiger partial charge in [0.25, 0.3) is 10.0 Å². The van der Waals surface area contributed by atoms with Crippen LogP contribution in [0, 0.1) is 6.92 Å². The van der Waals surface area contributed by atoms with Crippen molar-refractivity contribution in [1.82, 2.24) is 9.29 Å². The third-order valence-corrected chi connectivity index (χ3v) is 8.86. The van der Waals surface area contributed by atoms with Gasteiger partial charge in [0.1, 0.15) is 0 Å². The highest BCUT2D eigenvalue weighted by atomic mass is 32.2. The van der Waals surface area contributed by atoms with E-state index in [4.69, 9.17) is 4.74 Å². The first kappa shape index (κ1) is 21.9. The van der Waals surface area contributed by atoms with Crippen LogP contribution in [0.4, 0.5) is 5.69 Å². The molecule has 2 heterocycles. The summed E-state index contributed by atoms with van der Waals surface area (Å²) in [5, 5.41) is 2.84. The molecule has 164 valence electrons. The van der Waals surface area contributed by atoms with Gasteiger partial charge in [-0.25, -0.2) is 21.8 Å². The summed E-state index contributed by atoms with van der Waals surface area (Å²) in [5.74, 6) is 0. The second kappa shape index (κ2) is 8.67. The number of sulfonamides is 2. The minimum Gasteiger partial charge on any atom is -0.379 e. The van der Waals surface area contributed by atoms with Crippen molar-refractivity contribution < 1.29 is 21.6 Å². The van der Waals surface area contributed by atoms with Gasteiger partial charge in [-0.05, 0) is 43.3 Å². The molecule has 0 saturated carbocycles. The SMILES string of the molecule is Cc1nc(-c2cccc(NS(=O)(=O)c3ccc(S(=O)(=O)N4CCOCC4)cc3)c2)cs1. The van der Waals surface area contributed by atoms with E-state index in [0.717, 1.165) is 16.3 Å². The van der Waals surface area contributed by atoms with Crippen molar-refractivity contribution in [3.63, 3.8) is 0 Å². The fourth-order valence-corrected chi connectivity index (χ4v) is 6.26. The number of ether oxygens (including phenoxy) is 1. The van der Waals surface area contributed by atoms with Crippen LogP contribution in [0.5, 0.6) is 0 Å². The first-order valence-electron chi connectivity index (χ1n) is 9.49. The summed E-state index contributed by atoms with van der Waals surface area (Å²) >= 11 is 1.52. The topological polar surface area (TPSA) is 106 Å². The minimum absolute atomic E-state index is 0.0247. The first-order valence-corrected chi connectivity index (χ1v) is 13.3. The summed E-state index contributed by atoms with van der Waals surface area (Å²) in [6.07, 6.45) is 0. The second-order valence-electron chi connectivity index (χ2n) is 6.93. The lowest BCUT2D eigenvalue weighted by molar-refractivity contribution is 0.0730. The normalized spacial score (nSPS) is 15.6. The molecule has 0 amide bonds. The lowest BCUT2D eigenvalue weighted by atomic mass is 10.1. The molecule has 0 spiro atoms. The van der Waals surface area contributed by atoms with Gasteiger partial charge < -0.3 is 4.74 Å². The van der Waals surface area contributed by atoms with E-state index in [1.165, 1.54) is 39.9 Å². The van der Waals surface area contributed by atoms with E-state index in [-0.39, 0.29) is 22.9 Å². The van der Waals surface area contributed by atoms with E-state index < -0.39 is 20.0 Å². The van der Waals surface area contributed by atoms with Gasteiger partial charge >= 0.3 is 0 Å². The smallest absolute Gasteiger partial charge is 0.261 e. The Bertz CT molecular complexity index is 1280. The number of aromatic nitrogens is 1. The van der Waals surface area contributed by atoms with E-state index in [0.29, 0.717) is 18.9 Å². The molecule has 0 aliphatic carbocycles. The predicted molar refractivity (Wildman–Crippen MR) is 119 cm³/mol. The lowest BCUT2D eigenvalue weighted by Crippen LogP contribution is -2.40. The molecule has 0 unspecified atom stereocenters. The van der Waals surface area contributed by atoms with E-state index in [9.17, 15) is 16.8 Å². The number of anilines is 1. The van der Waals surface area contributed by atoms with Crippen LogP contribution >= 0.6 is 11.3 Å². The number of benzene rings is 2. The summed E-state index contributed by atoms with van der Waals surface area (Å²) < 4.78 is 60.1. The maximum Gasteiger partial charge on any atom is 0.261 e. The molecule has 0 bridgehead atoms. The molecule has 0 radical (unpaired) electrons. The zero-order chi connectivity index (χ0) is 22.1. The largest absolute Gasteiger partial charge is 0.379 e. The third kappa shape index (κ3) is 4.80. The number of thiazole rings is 1. The highest BCUT2D eigenvalue weighted by Crippen LogP contribution is 2.26. The van der Waals surface area contributed by atoms with Crippen molar-refractivity contribution in [1.29, 1.82) is 0 Å². The predicted octanol–water partition coefficient (Wildman–Crippen LogP) is 2.94. The third-order valence-electron chi connectivity index (χ3n) is 4.77. The molecule has 0 atom stereocenters. The summed E-state index contributed by atoms with van der Waals surface area (Å²) in [6.45, 7) is 3.14. The number of hydrogen-bond donors (Lipinski definition) is 1. The van der Waals surface area contributed by atoms with Crippen molar-refractivity contribution in [3.8, 4) is 11.3 Å². The number of rotatable bonds is 6. The van der Waals surface area contributed by atoms with Crippen LogP contribution in [0.3, 0.4) is 0 Å². The molecule has 11 heteroatoms. The van der Waals surface area contributed by atoms with Gasteiger partial charge in [0, 0.05) is 29.7 Å². The van der Waals surface area contributed by atoms with Gasteiger partial charge in [-0.1, -0.05) is 12.1 Å². The van der Waals surface area contributed by atoms with Gasteiger partial charge in [0.05, 0.1) is 33.7 Å². The highest BCUT2D eigenvalue weighted by molar-refractivity contribution is 7.92. The van der Waals surface area contributed by atoms with Gasteiger partial charge in [0.15, 0.2) is 0 Å².